The molecular weight excluding hydrogens is 376 g/mol. The fourth-order valence-corrected chi connectivity index (χ4v) is 4.68. The highest BCUT2D eigenvalue weighted by Gasteiger charge is 2.32. The third kappa shape index (κ3) is 5.58. The Labute approximate surface area is 179 Å². The lowest BCUT2D eigenvalue weighted by molar-refractivity contribution is 0.519. The van der Waals surface area contributed by atoms with Gasteiger partial charge in [0.1, 0.15) is 0 Å². The van der Waals surface area contributed by atoms with E-state index in [1.54, 1.807) is 0 Å². The minimum Gasteiger partial charge on any atom is -0.263 e. The van der Waals surface area contributed by atoms with Crippen LogP contribution in [0.3, 0.4) is 0 Å². The van der Waals surface area contributed by atoms with E-state index in [-0.39, 0.29) is 11.8 Å². The molecule has 1 aliphatic rings. The minimum absolute atomic E-state index is 0.260. The van der Waals surface area contributed by atoms with Gasteiger partial charge in [-0.2, -0.15) is 5.26 Å². The molecule has 3 heteroatoms. The predicted molar refractivity (Wildman–Crippen MR) is 122 cm³/mol. The summed E-state index contributed by atoms with van der Waals surface area (Å²) in [6.07, 6.45) is 5.83. The molecule has 0 saturated carbocycles. The Balaban J connectivity index is 1.80. The zero-order valence-electron chi connectivity index (χ0n) is 17.4. The molecule has 2 atom stereocenters. The summed E-state index contributed by atoms with van der Waals surface area (Å²) in [5.41, 5.74) is 6.33. The van der Waals surface area contributed by atoms with E-state index >= 15 is 0 Å². The van der Waals surface area contributed by atoms with Crippen molar-refractivity contribution < 1.29 is 0 Å². The van der Waals surface area contributed by atoms with E-state index < -0.39 is 0 Å². The quantitative estimate of drug-likeness (QED) is 0.419. The van der Waals surface area contributed by atoms with Crippen LogP contribution in [0.4, 0.5) is 0 Å². The second kappa shape index (κ2) is 10.4. The van der Waals surface area contributed by atoms with E-state index in [0.29, 0.717) is 6.42 Å². The summed E-state index contributed by atoms with van der Waals surface area (Å²) in [5.74, 6) is 0.525. The fourth-order valence-electron chi connectivity index (χ4n) is 4.48. The predicted octanol–water partition coefficient (Wildman–Crippen LogP) is 7.51. The Hall–Kier alpha value is -2.37. The molecule has 1 heterocycles. The molecule has 2 unspecified atom stereocenters. The van der Waals surface area contributed by atoms with Gasteiger partial charge in [0.05, 0.1) is 6.07 Å². The number of allylic oxidation sites excluding steroid dienone is 2. The smallest absolute Gasteiger partial charge is 0.0621 e. The molecule has 29 heavy (non-hydrogen) atoms. The first-order valence-corrected chi connectivity index (χ1v) is 10.9. The van der Waals surface area contributed by atoms with Gasteiger partial charge in [-0.05, 0) is 74.8 Å². The summed E-state index contributed by atoms with van der Waals surface area (Å²) < 4.78 is 0. The van der Waals surface area contributed by atoms with Gasteiger partial charge in [0.25, 0.3) is 0 Å². The Kier molecular flexibility index (Phi) is 7.67. The Morgan fingerprint density at radius 1 is 1.00 bits per heavy atom. The van der Waals surface area contributed by atoms with Crippen molar-refractivity contribution in [1.29, 1.82) is 5.26 Å². The number of benzene rings is 2. The van der Waals surface area contributed by atoms with Crippen molar-refractivity contribution in [2.45, 2.75) is 58.3 Å². The third-order valence-electron chi connectivity index (χ3n) is 5.90. The maximum absolute atomic E-state index is 9.16. The number of rotatable bonds is 8. The largest absolute Gasteiger partial charge is 0.263 e. The maximum atomic E-state index is 9.16. The van der Waals surface area contributed by atoms with Crippen LogP contribution in [0, 0.1) is 17.2 Å². The summed E-state index contributed by atoms with van der Waals surface area (Å²) in [7, 11) is 0. The van der Waals surface area contributed by atoms with Crippen LogP contribution in [0.15, 0.2) is 70.9 Å². The lowest BCUT2D eigenvalue weighted by atomic mass is 9.72. The van der Waals surface area contributed by atoms with Crippen molar-refractivity contribution in [2.24, 2.45) is 10.9 Å². The fraction of sp³-hybridized carbons (Fsp3) is 0.385. The van der Waals surface area contributed by atoms with Crippen molar-refractivity contribution in [1.82, 2.24) is 0 Å². The molecule has 0 fully saturated rings. The van der Waals surface area contributed by atoms with E-state index in [9.17, 15) is 0 Å². The first-order chi connectivity index (χ1) is 14.1. The molecule has 2 aromatic carbocycles. The van der Waals surface area contributed by atoms with E-state index in [4.69, 9.17) is 21.9 Å². The number of hydrogen-bond acceptors (Lipinski definition) is 2. The average molecular weight is 405 g/mol. The molecule has 1 aliphatic heterocycles. The zero-order valence-corrected chi connectivity index (χ0v) is 18.1. The molecule has 0 bridgehead atoms. The van der Waals surface area contributed by atoms with Crippen molar-refractivity contribution in [3.8, 4) is 6.07 Å². The topological polar surface area (TPSA) is 36.1 Å². The molecular formula is C26H29ClN2. The van der Waals surface area contributed by atoms with Crippen LogP contribution in [0.1, 0.15) is 63.0 Å². The van der Waals surface area contributed by atoms with E-state index in [1.165, 1.54) is 16.7 Å². The summed E-state index contributed by atoms with van der Waals surface area (Å²) >= 11 is 6.33. The van der Waals surface area contributed by atoms with Gasteiger partial charge in [-0.15, -0.1) is 0 Å². The molecule has 0 saturated heterocycles. The van der Waals surface area contributed by atoms with Crippen molar-refractivity contribution in [3.63, 3.8) is 0 Å². The van der Waals surface area contributed by atoms with E-state index in [1.807, 2.05) is 12.1 Å². The van der Waals surface area contributed by atoms with Crippen LogP contribution in [-0.2, 0) is 6.42 Å². The van der Waals surface area contributed by atoms with Crippen molar-refractivity contribution in [3.05, 3.63) is 82.0 Å². The van der Waals surface area contributed by atoms with Crippen LogP contribution >= 0.6 is 11.6 Å². The van der Waals surface area contributed by atoms with Crippen LogP contribution in [0.2, 0.25) is 5.02 Å². The highest BCUT2D eigenvalue weighted by Crippen LogP contribution is 2.43. The summed E-state index contributed by atoms with van der Waals surface area (Å²) in [4.78, 5) is 4.89. The van der Waals surface area contributed by atoms with Crippen LogP contribution in [-0.4, -0.2) is 5.71 Å². The number of hydrogen-bond donors (Lipinski definition) is 0. The summed E-state index contributed by atoms with van der Waals surface area (Å²) in [6.45, 7) is 4.24. The van der Waals surface area contributed by atoms with Crippen molar-refractivity contribution in [2.75, 3.05) is 0 Å². The Bertz CT molecular complexity index is 921. The highest BCUT2D eigenvalue weighted by molar-refractivity contribution is 6.30. The molecule has 0 radical (unpaired) electrons. The van der Waals surface area contributed by atoms with Crippen LogP contribution < -0.4 is 0 Å². The molecule has 2 aromatic rings. The number of aryl methyl sites for hydroxylation is 1. The summed E-state index contributed by atoms with van der Waals surface area (Å²) in [6, 6.07) is 21.2. The highest BCUT2D eigenvalue weighted by atomic mass is 35.5. The second-order valence-corrected chi connectivity index (χ2v) is 8.33. The average Bonchev–Trinajstić information content (AvgIpc) is 2.72. The van der Waals surface area contributed by atoms with Gasteiger partial charge in [0.2, 0.25) is 0 Å². The lowest BCUT2D eigenvalue weighted by Crippen LogP contribution is -2.26. The van der Waals surface area contributed by atoms with E-state index in [2.05, 4.69) is 62.4 Å². The Morgan fingerprint density at radius 3 is 2.48 bits per heavy atom. The molecule has 0 amide bonds. The van der Waals surface area contributed by atoms with Gasteiger partial charge >= 0.3 is 0 Å². The number of nitriles is 1. The first-order valence-electron chi connectivity index (χ1n) is 10.5. The third-order valence-corrected chi connectivity index (χ3v) is 6.14. The van der Waals surface area contributed by atoms with Crippen LogP contribution in [0.25, 0.3) is 0 Å². The summed E-state index contributed by atoms with van der Waals surface area (Å²) in [5, 5.41) is 9.93. The van der Waals surface area contributed by atoms with Gasteiger partial charge in [0, 0.05) is 34.7 Å². The van der Waals surface area contributed by atoms with Crippen LogP contribution in [0.5, 0.6) is 0 Å². The van der Waals surface area contributed by atoms with Crippen molar-refractivity contribution >= 4 is 17.3 Å². The van der Waals surface area contributed by atoms with Gasteiger partial charge < -0.3 is 0 Å². The van der Waals surface area contributed by atoms with Gasteiger partial charge in [0.15, 0.2) is 0 Å². The van der Waals surface area contributed by atoms with Gasteiger partial charge in [-0.1, -0.05) is 54.1 Å². The molecule has 0 aliphatic carbocycles. The van der Waals surface area contributed by atoms with E-state index in [0.717, 1.165) is 48.5 Å². The number of nitrogens with zero attached hydrogens (tertiary/aromatic N) is 2. The zero-order chi connectivity index (χ0) is 20.6. The maximum Gasteiger partial charge on any atom is 0.0621 e. The number of halogens is 1. The standard InChI is InChI=1S/C26H29ClN2/c1-19-24(15-7-6-12-21-10-4-3-5-11-21)26(22-13-8-14-23(27)18-22)25(16-9-17-28)20(2)29-19/h3-5,8,10-11,13-14,18,25-26H,6-7,9,12,15-16H2,1-2H3. The molecule has 150 valence electrons. The molecule has 0 spiro atoms. The normalized spacial score (nSPS) is 19.0. The number of unbranched alkanes of at least 4 members (excludes halogenated alkanes) is 1. The molecule has 2 nitrogen and oxygen atoms in total. The molecule has 0 aromatic heterocycles. The first kappa shape index (κ1) is 21.3. The Morgan fingerprint density at radius 2 is 1.76 bits per heavy atom. The molecule has 0 N–H and O–H groups in total. The van der Waals surface area contributed by atoms with Gasteiger partial charge in [-0.3, -0.25) is 4.99 Å². The monoisotopic (exact) mass is 404 g/mol. The lowest BCUT2D eigenvalue weighted by Gasteiger charge is -2.34. The second-order valence-electron chi connectivity index (χ2n) is 7.89. The minimum atomic E-state index is 0.260. The SMILES string of the molecule is CC1=NC(C)=C(CCCCc2ccccc2)C(c2cccc(Cl)c2)C1CCC#N. The number of aliphatic imine (C=N–C) groups is 1. The molecule has 3 rings (SSSR count). The van der Waals surface area contributed by atoms with Gasteiger partial charge in [-0.25, -0.2) is 0 Å².